The van der Waals surface area contributed by atoms with E-state index in [4.69, 9.17) is 0 Å². The Hall–Kier alpha value is -0.590. The first-order valence-corrected chi connectivity index (χ1v) is 7.90. The molecule has 4 nitrogen and oxygen atoms in total. The van der Waals surface area contributed by atoms with E-state index in [9.17, 15) is 4.79 Å². The number of carbonyl (C=O) groups excluding carboxylic acids is 1. The molecular weight excluding hydrogens is 314 g/mol. The molecule has 2 rings (SSSR count). The average molecular weight is 330 g/mol. The summed E-state index contributed by atoms with van der Waals surface area (Å²) in [6.07, 6.45) is 2.19. The molecule has 1 fully saturated rings. The van der Waals surface area contributed by atoms with E-state index in [2.05, 4.69) is 31.1 Å². The predicted molar refractivity (Wildman–Crippen MR) is 78.9 cm³/mol. The number of anilines is 1. The third-order valence-electron chi connectivity index (χ3n) is 2.75. The van der Waals surface area contributed by atoms with Gasteiger partial charge in [0.15, 0.2) is 0 Å². The molecule has 1 amide bonds. The number of nitrogens with zero attached hydrogens (tertiary/aromatic N) is 2. The molecule has 0 saturated carbocycles. The summed E-state index contributed by atoms with van der Waals surface area (Å²) in [6, 6.07) is 3.64. The van der Waals surface area contributed by atoms with Gasteiger partial charge in [0, 0.05) is 48.2 Å². The van der Waals surface area contributed by atoms with Crippen LogP contribution in [0.4, 0.5) is 5.82 Å². The molecule has 0 spiro atoms. The van der Waals surface area contributed by atoms with Crippen LogP contribution in [0.15, 0.2) is 22.8 Å². The average Bonchev–Trinajstić information content (AvgIpc) is 2.38. The smallest absolute Gasteiger partial charge is 0.226 e. The lowest BCUT2D eigenvalue weighted by molar-refractivity contribution is -0.116. The lowest BCUT2D eigenvalue weighted by Gasteiger charge is -2.25. The van der Waals surface area contributed by atoms with E-state index in [0.717, 1.165) is 24.1 Å². The topological polar surface area (TPSA) is 45.2 Å². The Morgan fingerprint density at radius 3 is 3.00 bits per heavy atom. The van der Waals surface area contributed by atoms with Crippen molar-refractivity contribution in [2.45, 2.75) is 6.42 Å². The molecule has 1 aromatic rings. The highest BCUT2D eigenvalue weighted by Crippen LogP contribution is 2.13. The van der Waals surface area contributed by atoms with Crippen LogP contribution < -0.4 is 5.32 Å². The van der Waals surface area contributed by atoms with Crippen LogP contribution in [0, 0.1) is 0 Å². The van der Waals surface area contributed by atoms with Crippen LogP contribution in [-0.4, -0.2) is 46.9 Å². The van der Waals surface area contributed by atoms with Gasteiger partial charge in [0.1, 0.15) is 5.82 Å². The highest BCUT2D eigenvalue weighted by molar-refractivity contribution is 9.10. The quantitative estimate of drug-likeness (QED) is 0.920. The number of hydrogen-bond acceptors (Lipinski definition) is 4. The van der Waals surface area contributed by atoms with Crippen LogP contribution in [0.3, 0.4) is 0 Å². The first kappa shape index (κ1) is 13.8. The molecule has 1 N–H and O–H groups in total. The van der Waals surface area contributed by atoms with Crippen molar-refractivity contribution >= 4 is 39.4 Å². The van der Waals surface area contributed by atoms with E-state index in [0.29, 0.717) is 12.2 Å². The van der Waals surface area contributed by atoms with Crippen molar-refractivity contribution in [2.75, 3.05) is 36.5 Å². The van der Waals surface area contributed by atoms with Crippen molar-refractivity contribution in [1.29, 1.82) is 0 Å². The number of nitrogens with one attached hydrogen (secondary N) is 1. The van der Waals surface area contributed by atoms with E-state index in [1.54, 1.807) is 12.3 Å². The predicted octanol–water partition coefficient (Wildman–Crippen LogP) is 2.22. The van der Waals surface area contributed by atoms with E-state index >= 15 is 0 Å². The molecule has 0 unspecified atom stereocenters. The third-order valence-corrected chi connectivity index (χ3v) is 4.18. The SMILES string of the molecule is O=C(CCN1CCSCC1)Nc1cc(Br)ccn1. The fourth-order valence-electron chi connectivity index (χ4n) is 1.76. The maximum atomic E-state index is 11.8. The number of amides is 1. The van der Waals surface area contributed by atoms with E-state index < -0.39 is 0 Å². The minimum absolute atomic E-state index is 0.0267. The molecule has 0 aromatic carbocycles. The number of thioether (sulfide) groups is 1. The standard InChI is InChI=1S/C12H16BrN3OS/c13-10-1-3-14-11(9-10)15-12(17)2-4-16-5-7-18-8-6-16/h1,3,9H,2,4-8H2,(H,14,15,17). The molecule has 1 saturated heterocycles. The van der Waals surface area contributed by atoms with Crippen molar-refractivity contribution in [1.82, 2.24) is 9.88 Å². The van der Waals surface area contributed by atoms with Gasteiger partial charge in [0.25, 0.3) is 0 Å². The summed E-state index contributed by atoms with van der Waals surface area (Å²) in [5, 5.41) is 2.81. The van der Waals surface area contributed by atoms with Gasteiger partial charge in [-0.2, -0.15) is 11.8 Å². The van der Waals surface area contributed by atoms with Crippen molar-refractivity contribution in [3.63, 3.8) is 0 Å². The van der Waals surface area contributed by atoms with Gasteiger partial charge in [-0.3, -0.25) is 4.79 Å². The van der Waals surface area contributed by atoms with E-state index in [1.165, 1.54) is 11.5 Å². The summed E-state index contributed by atoms with van der Waals surface area (Å²) in [5.41, 5.74) is 0. The number of rotatable bonds is 4. The number of aromatic nitrogens is 1. The molecule has 1 aliphatic heterocycles. The minimum atomic E-state index is 0.0267. The fraction of sp³-hybridized carbons (Fsp3) is 0.500. The van der Waals surface area contributed by atoms with Gasteiger partial charge in [0.2, 0.25) is 5.91 Å². The molecule has 1 aliphatic rings. The second kappa shape index (κ2) is 7.11. The molecule has 1 aromatic heterocycles. The highest BCUT2D eigenvalue weighted by atomic mass is 79.9. The molecule has 98 valence electrons. The molecule has 6 heteroatoms. The van der Waals surface area contributed by atoms with Crippen LogP contribution in [-0.2, 0) is 4.79 Å². The molecule has 0 aliphatic carbocycles. The summed E-state index contributed by atoms with van der Waals surface area (Å²) in [4.78, 5) is 18.2. The third kappa shape index (κ3) is 4.59. The fourth-order valence-corrected chi connectivity index (χ4v) is 3.08. The first-order chi connectivity index (χ1) is 8.74. The second-order valence-corrected chi connectivity index (χ2v) is 6.25. The van der Waals surface area contributed by atoms with Crippen molar-refractivity contribution < 1.29 is 4.79 Å². The van der Waals surface area contributed by atoms with Crippen LogP contribution in [0.1, 0.15) is 6.42 Å². The lowest BCUT2D eigenvalue weighted by atomic mass is 10.3. The Bertz CT molecular complexity index is 410. The van der Waals surface area contributed by atoms with Crippen molar-refractivity contribution in [2.24, 2.45) is 0 Å². The normalized spacial score (nSPS) is 16.5. The zero-order chi connectivity index (χ0) is 12.8. The number of halogens is 1. The number of carbonyl (C=O) groups is 1. The van der Waals surface area contributed by atoms with Gasteiger partial charge >= 0.3 is 0 Å². The number of pyridine rings is 1. The molecule has 0 bridgehead atoms. The van der Waals surface area contributed by atoms with Crippen LogP contribution in [0.5, 0.6) is 0 Å². The molecule has 2 heterocycles. The Labute approximate surface area is 120 Å². The summed E-state index contributed by atoms with van der Waals surface area (Å²) >= 11 is 5.33. The highest BCUT2D eigenvalue weighted by Gasteiger charge is 2.12. The van der Waals surface area contributed by atoms with Gasteiger partial charge in [-0.05, 0) is 12.1 Å². The van der Waals surface area contributed by atoms with Crippen molar-refractivity contribution in [3.8, 4) is 0 Å². The zero-order valence-corrected chi connectivity index (χ0v) is 12.5. The Kier molecular flexibility index (Phi) is 5.46. The first-order valence-electron chi connectivity index (χ1n) is 5.95. The van der Waals surface area contributed by atoms with Gasteiger partial charge in [-0.25, -0.2) is 4.98 Å². The van der Waals surface area contributed by atoms with Crippen molar-refractivity contribution in [3.05, 3.63) is 22.8 Å². The van der Waals surface area contributed by atoms with E-state index in [1.807, 2.05) is 17.8 Å². The monoisotopic (exact) mass is 329 g/mol. The second-order valence-electron chi connectivity index (χ2n) is 4.11. The zero-order valence-electron chi connectivity index (χ0n) is 10.1. The number of hydrogen-bond donors (Lipinski definition) is 1. The largest absolute Gasteiger partial charge is 0.311 e. The van der Waals surface area contributed by atoms with Gasteiger partial charge in [-0.1, -0.05) is 15.9 Å². The van der Waals surface area contributed by atoms with Gasteiger partial charge in [0.05, 0.1) is 0 Å². The maximum Gasteiger partial charge on any atom is 0.226 e. The van der Waals surface area contributed by atoms with Crippen LogP contribution >= 0.6 is 27.7 Å². The van der Waals surface area contributed by atoms with Crippen LogP contribution in [0.2, 0.25) is 0 Å². The molecule has 0 atom stereocenters. The summed E-state index contributed by atoms with van der Waals surface area (Å²) in [6.45, 7) is 3.01. The maximum absolute atomic E-state index is 11.8. The van der Waals surface area contributed by atoms with E-state index in [-0.39, 0.29) is 5.91 Å². The summed E-state index contributed by atoms with van der Waals surface area (Å²) in [7, 11) is 0. The van der Waals surface area contributed by atoms with Gasteiger partial charge in [-0.15, -0.1) is 0 Å². The van der Waals surface area contributed by atoms with Gasteiger partial charge < -0.3 is 10.2 Å². The Morgan fingerprint density at radius 2 is 2.28 bits per heavy atom. The Balaban J connectivity index is 1.74. The Morgan fingerprint density at radius 1 is 1.50 bits per heavy atom. The molecule has 0 radical (unpaired) electrons. The van der Waals surface area contributed by atoms with Crippen LogP contribution in [0.25, 0.3) is 0 Å². The summed E-state index contributed by atoms with van der Waals surface area (Å²) in [5.74, 6) is 2.98. The lowest BCUT2D eigenvalue weighted by Crippen LogP contribution is -2.35. The molecule has 18 heavy (non-hydrogen) atoms. The minimum Gasteiger partial charge on any atom is -0.311 e. The summed E-state index contributed by atoms with van der Waals surface area (Å²) < 4.78 is 0.917. The molecular formula is C12H16BrN3OS.